The van der Waals surface area contributed by atoms with Crippen LogP contribution in [0.4, 0.5) is 8.78 Å². The van der Waals surface area contributed by atoms with E-state index in [1.165, 1.54) is 6.07 Å². The van der Waals surface area contributed by atoms with E-state index in [1.807, 2.05) is 0 Å². The summed E-state index contributed by atoms with van der Waals surface area (Å²) in [4.78, 5) is 0. The summed E-state index contributed by atoms with van der Waals surface area (Å²) in [5, 5.41) is 3.07. The molecule has 1 heterocycles. The third kappa shape index (κ3) is 1.76. The van der Waals surface area contributed by atoms with E-state index in [0.717, 1.165) is 6.07 Å². The van der Waals surface area contributed by atoms with Crippen LogP contribution >= 0.6 is 0 Å². The molecule has 1 aliphatic heterocycles. The minimum Gasteiger partial charge on any atom is -0.378 e. The first-order valence-corrected chi connectivity index (χ1v) is 4.54. The van der Waals surface area contributed by atoms with Gasteiger partial charge in [0.25, 0.3) is 0 Å². The number of hydrogen-bond acceptors (Lipinski definition) is 2. The van der Waals surface area contributed by atoms with E-state index in [4.69, 9.17) is 4.74 Å². The van der Waals surface area contributed by atoms with Gasteiger partial charge in [-0.25, -0.2) is 8.78 Å². The van der Waals surface area contributed by atoms with Crippen LogP contribution in [0.1, 0.15) is 11.6 Å². The molecular weight excluding hydrogens is 188 g/mol. The Morgan fingerprint density at radius 1 is 1.36 bits per heavy atom. The maximum atomic E-state index is 13.3. The highest BCUT2D eigenvalue weighted by Crippen LogP contribution is 2.20. The topological polar surface area (TPSA) is 21.3 Å². The van der Waals surface area contributed by atoms with Gasteiger partial charge in [-0.15, -0.1) is 0 Å². The summed E-state index contributed by atoms with van der Waals surface area (Å²) in [6.07, 6.45) is 0. The molecule has 0 amide bonds. The largest absolute Gasteiger partial charge is 0.378 e. The maximum absolute atomic E-state index is 13.3. The summed E-state index contributed by atoms with van der Waals surface area (Å²) in [5.41, 5.74) is 0.338. The molecule has 1 fully saturated rings. The van der Waals surface area contributed by atoms with Gasteiger partial charge in [0.1, 0.15) is 0 Å². The van der Waals surface area contributed by atoms with Crippen molar-refractivity contribution in [2.24, 2.45) is 0 Å². The van der Waals surface area contributed by atoms with E-state index in [9.17, 15) is 8.78 Å². The fraction of sp³-hybridized carbons (Fsp3) is 0.400. The molecule has 0 aromatic heterocycles. The molecule has 1 atom stereocenters. The monoisotopic (exact) mass is 199 g/mol. The number of nitrogens with one attached hydrogen (secondary N) is 1. The van der Waals surface area contributed by atoms with Crippen molar-refractivity contribution in [3.8, 4) is 0 Å². The van der Waals surface area contributed by atoms with Gasteiger partial charge in [-0.05, 0) is 6.07 Å². The molecule has 1 aromatic rings. The van der Waals surface area contributed by atoms with Crippen LogP contribution in [-0.2, 0) is 4.74 Å². The van der Waals surface area contributed by atoms with Gasteiger partial charge >= 0.3 is 0 Å². The maximum Gasteiger partial charge on any atom is 0.163 e. The predicted octanol–water partition coefficient (Wildman–Crippen LogP) is 1.63. The van der Waals surface area contributed by atoms with Crippen molar-refractivity contribution >= 4 is 0 Å². The Morgan fingerprint density at radius 2 is 2.21 bits per heavy atom. The summed E-state index contributed by atoms with van der Waals surface area (Å²) >= 11 is 0. The van der Waals surface area contributed by atoms with Gasteiger partial charge < -0.3 is 10.1 Å². The minimum atomic E-state index is -0.810. The van der Waals surface area contributed by atoms with Gasteiger partial charge in [0, 0.05) is 12.1 Å². The molecule has 1 saturated heterocycles. The summed E-state index contributed by atoms with van der Waals surface area (Å²) in [6, 6.07) is 3.96. The van der Waals surface area contributed by atoms with Gasteiger partial charge in [-0.2, -0.15) is 0 Å². The first-order chi connectivity index (χ1) is 6.79. The van der Waals surface area contributed by atoms with Crippen LogP contribution in [0.15, 0.2) is 18.2 Å². The standard InChI is InChI=1S/C10H11F2NO/c11-8-3-1-2-7(10(8)12)9-6-14-5-4-13-9/h1-3,9,13H,4-6H2. The Hall–Kier alpha value is -1.00. The molecule has 1 aromatic carbocycles. The molecule has 76 valence electrons. The van der Waals surface area contributed by atoms with E-state index in [0.29, 0.717) is 25.3 Å². The predicted molar refractivity (Wildman–Crippen MR) is 47.9 cm³/mol. The second-order valence-corrected chi connectivity index (χ2v) is 3.22. The third-order valence-corrected chi connectivity index (χ3v) is 2.28. The molecule has 0 aliphatic carbocycles. The Kier molecular flexibility index (Phi) is 2.74. The van der Waals surface area contributed by atoms with E-state index in [2.05, 4.69) is 5.32 Å². The van der Waals surface area contributed by atoms with E-state index < -0.39 is 11.6 Å². The number of ether oxygens (including phenoxy) is 1. The Bertz CT molecular complexity index is 324. The van der Waals surface area contributed by atoms with Crippen LogP contribution in [0.3, 0.4) is 0 Å². The number of hydrogen-bond donors (Lipinski definition) is 1. The second kappa shape index (κ2) is 4.02. The van der Waals surface area contributed by atoms with Gasteiger partial charge in [-0.3, -0.25) is 0 Å². The average Bonchev–Trinajstić information content (AvgIpc) is 2.23. The molecule has 4 heteroatoms. The zero-order valence-electron chi connectivity index (χ0n) is 7.59. The van der Waals surface area contributed by atoms with E-state index >= 15 is 0 Å². The summed E-state index contributed by atoms with van der Waals surface area (Å²) in [7, 11) is 0. The van der Waals surface area contributed by atoms with Crippen LogP contribution < -0.4 is 5.32 Å². The quantitative estimate of drug-likeness (QED) is 0.742. The first-order valence-electron chi connectivity index (χ1n) is 4.54. The smallest absolute Gasteiger partial charge is 0.163 e. The molecule has 2 rings (SSSR count). The Balaban J connectivity index is 2.26. The van der Waals surface area contributed by atoms with Crippen molar-refractivity contribution in [1.29, 1.82) is 0 Å². The highest BCUT2D eigenvalue weighted by atomic mass is 19.2. The summed E-state index contributed by atoms with van der Waals surface area (Å²) in [5.74, 6) is -1.59. The number of morpholine rings is 1. The normalized spacial score (nSPS) is 22.3. The van der Waals surface area contributed by atoms with Crippen LogP contribution in [-0.4, -0.2) is 19.8 Å². The molecule has 1 aliphatic rings. The van der Waals surface area contributed by atoms with Crippen molar-refractivity contribution in [2.75, 3.05) is 19.8 Å². The lowest BCUT2D eigenvalue weighted by molar-refractivity contribution is 0.0755. The van der Waals surface area contributed by atoms with Crippen molar-refractivity contribution < 1.29 is 13.5 Å². The average molecular weight is 199 g/mol. The number of rotatable bonds is 1. The minimum absolute atomic E-state index is 0.237. The van der Waals surface area contributed by atoms with Crippen molar-refractivity contribution in [2.45, 2.75) is 6.04 Å². The first kappa shape index (κ1) is 9.55. The van der Waals surface area contributed by atoms with Crippen molar-refractivity contribution in [3.63, 3.8) is 0 Å². The fourth-order valence-corrected chi connectivity index (χ4v) is 1.55. The van der Waals surface area contributed by atoms with Crippen LogP contribution in [0, 0.1) is 11.6 Å². The van der Waals surface area contributed by atoms with Crippen molar-refractivity contribution in [3.05, 3.63) is 35.4 Å². The molecule has 1 N–H and O–H groups in total. The SMILES string of the molecule is Fc1cccc(C2COCCN2)c1F. The highest BCUT2D eigenvalue weighted by Gasteiger charge is 2.20. The van der Waals surface area contributed by atoms with Crippen LogP contribution in [0.2, 0.25) is 0 Å². The lowest BCUT2D eigenvalue weighted by atomic mass is 10.1. The number of halogens is 2. The molecule has 1 unspecified atom stereocenters. The molecule has 2 nitrogen and oxygen atoms in total. The third-order valence-electron chi connectivity index (χ3n) is 2.28. The molecule has 0 saturated carbocycles. The van der Waals surface area contributed by atoms with Gasteiger partial charge in [0.15, 0.2) is 11.6 Å². The summed E-state index contributed by atoms with van der Waals surface area (Å²) in [6.45, 7) is 1.68. The van der Waals surface area contributed by atoms with Crippen LogP contribution in [0.25, 0.3) is 0 Å². The second-order valence-electron chi connectivity index (χ2n) is 3.22. The lowest BCUT2D eigenvalue weighted by Gasteiger charge is -2.24. The molecular formula is C10H11F2NO. The molecule has 0 radical (unpaired) electrons. The van der Waals surface area contributed by atoms with E-state index in [1.54, 1.807) is 6.07 Å². The Labute approximate surface area is 80.9 Å². The van der Waals surface area contributed by atoms with Crippen LogP contribution in [0.5, 0.6) is 0 Å². The molecule has 0 spiro atoms. The van der Waals surface area contributed by atoms with Gasteiger partial charge in [0.05, 0.1) is 19.3 Å². The molecule has 0 bridgehead atoms. The highest BCUT2D eigenvalue weighted by molar-refractivity contribution is 5.22. The zero-order valence-corrected chi connectivity index (χ0v) is 7.59. The van der Waals surface area contributed by atoms with Crippen molar-refractivity contribution in [1.82, 2.24) is 5.32 Å². The Morgan fingerprint density at radius 3 is 2.93 bits per heavy atom. The number of benzene rings is 1. The van der Waals surface area contributed by atoms with E-state index in [-0.39, 0.29) is 6.04 Å². The van der Waals surface area contributed by atoms with Gasteiger partial charge in [0.2, 0.25) is 0 Å². The summed E-state index contributed by atoms with van der Waals surface area (Å²) < 4.78 is 31.4. The zero-order chi connectivity index (χ0) is 9.97. The van der Waals surface area contributed by atoms with Gasteiger partial charge in [-0.1, -0.05) is 12.1 Å². The molecule has 14 heavy (non-hydrogen) atoms. The fourth-order valence-electron chi connectivity index (χ4n) is 1.55. The lowest BCUT2D eigenvalue weighted by Crippen LogP contribution is -2.35.